The van der Waals surface area contributed by atoms with Gasteiger partial charge in [-0.25, -0.2) is 4.68 Å². The van der Waals surface area contributed by atoms with Crippen LogP contribution in [0.2, 0.25) is 0 Å². The van der Waals surface area contributed by atoms with Gasteiger partial charge in [0.05, 0.1) is 22.3 Å². The van der Waals surface area contributed by atoms with E-state index in [2.05, 4.69) is 5.10 Å². The number of hydrogen-bond acceptors (Lipinski definition) is 6. The minimum absolute atomic E-state index is 0.0971. The van der Waals surface area contributed by atoms with Gasteiger partial charge < -0.3 is 5.11 Å². The number of aromatic nitrogens is 2. The molecule has 0 radical (unpaired) electrons. The number of rotatable bonds is 5. The van der Waals surface area contributed by atoms with E-state index in [9.17, 15) is 29.8 Å². The molecule has 11 nitrogen and oxygen atoms in total. The van der Waals surface area contributed by atoms with E-state index < -0.39 is 39.2 Å². The third kappa shape index (κ3) is 2.67. The smallest absolute Gasteiger partial charge is 0.308 e. The number of aliphatic carboxylic acids is 1. The van der Waals surface area contributed by atoms with Gasteiger partial charge in [0.15, 0.2) is 0 Å². The zero-order valence-electron chi connectivity index (χ0n) is 10.8. The van der Waals surface area contributed by atoms with Crippen molar-refractivity contribution in [2.24, 2.45) is 0 Å². The lowest BCUT2D eigenvalue weighted by Gasteiger charge is -2.02. The number of aromatic amines is 1. The van der Waals surface area contributed by atoms with Gasteiger partial charge in [-0.1, -0.05) is 0 Å². The van der Waals surface area contributed by atoms with Gasteiger partial charge in [0.1, 0.15) is 5.69 Å². The Labute approximate surface area is 120 Å². The first-order valence-corrected chi connectivity index (χ1v) is 5.75. The fourth-order valence-corrected chi connectivity index (χ4v) is 1.84. The Hall–Kier alpha value is -3.50. The van der Waals surface area contributed by atoms with E-state index in [1.807, 2.05) is 0 Å². The topological polar surface area (TPSA) is 161 Å². The minimum atomic E-state index is -1.23. The zero-order valence-corrected chi connectivity index (χ0v) is 10.8. The number of hydrogen-bond donors (Lipinski definition) is 2. The Morgan fingerprint density at radius 1 is 1.27 bits per heavy atom. The van der Waals surface area contributed by atoms with E-state index in [1.165, 1.54) is 0 Å². The van der Waals surface area contributed by atoms with Crippen molar-refractivity contribution in [2.75, 3.05) is 0 Å². The predicted octanol–water partition coefficient (Wildman–Crippen LogP) is 0.609. The zero-order chi connectivity index (χ0) is 16.4. The molecule has 0 bridgehead atoms. The molecule has 0 unspecified atom stereocenters. The highest BCUT2D eigenvalue weighted by Gasteiger charge is 2.23. The monoisotopic (exact) mass is 308 g/mol. The highest BCUT2D eigenvalue weighted by molar-refractivity contribution is 5.70. The first kappa shape index (κ1) is 14.9. The third-order valence-corrected chi connectivity index (χ3v) is 2.79. The van der Waals surface area contributed by atoms with Crippen LogP contribution in [0, 0.1) is 20.2 Å². The fourth-order valence-electron chi connectivity index (χ4n) is 1.84. The molecule has 11 heteroatoms. The van der Waals surface area contributed by atoms with Crippen LogP contribution in [0.5, 0.6) is 0 Å². The summed E-state index contributed by atoms with van der Waals surface area (Å²) in [5.74, 6) is -1.23. The highest BCUT2D eigenvalue weighted by Crippen LogP contribution is 2.26. The van der Waals surface area contributed by atoms with Gasteiger partial charge >= 0.3 is 11.7 Å². The van der Waals surface area contributed by atoms with Gasteiger partial charge in [-0.05, 0) is 6.07 Å². The summed E-state index contributed by atoms with van der Waals surface area (Å²) in [6.07, 6.45) is 0.560. The number of non-ortho nitro benzene ring substituents is 1. The predicted molar refractivity (Wildman–Crippen MR) is 71.0 cm³/mol. The van der Waals surface area contributed by atoms with Crippen molar-refractivity contribution < 1.29 is 19.7 Å². The molecule has 1 aromatic carbocycles. The molecule has 0 amide bonds. The third-order valence-electron chi connectivity index (χ3n) is 2.79. The van der Waals surface area contributed by atoms with Crippen LogP contribution in [0.4, 0.5) is 11.4 Å². The maximum atomic E-state index is 12.0. The van der Waals surface area contributed by atoms with Crippen LogP contribution in [-0.4, -0.2) is 30.7 Å². The second-order valence-corrected chi connectivity index (χ2v) is 4.20. The molecule has 0 fully saturated rings. The van der Waals surface area contributed by atoms with Gasteiger partial charge in [-0.3, -0.25) is 34.9 Å². The molecule has 0 aliphatic rings. The molecule has 1 aromatic heterocycles. The molecule has 2 N–H and O–H groups in total. The fraction of sp³-hybridized carbons (Fsp3) is 0.0909. The summed E-state index contributed by atoms with van der Waals surface area (Å²) >= 11 is 0. The number of nitrogens with zero attached hydrogens (tertiary/aromatic N) is 3. The quantitative estimate of drug-likeness (QED) is 0.603. The molecule has 0 spiro atoms. The molecular weight excluding hydrogens is 300 g/mol. The Balaban J connectivity index is 2.60. The van der Waals surface area contributed by atoms with Crippen LogP contribution in [0.15, 0.2) is 29.2 Å². The SMILES string of the molecule is O=C(O)Cc1c[nH]n(-c2ccc([N+](=O)[O-])cc2[N+](=O)[O-])c1=O. The van der Waals surface area contributed by atoms with Crippen molar-refractivity contribution >= 4 is 17.3 Å². The minimum Gasteiger partial charge on any atom is -0.481 e. The van der Waals surface area contributed by atoms with Crippen molar-refractivity contribution in [1.82, 2.24) is 9.78 Å². The van der Waals surface area contributed by atoms with Crippen LogP contribution in [-0.2, 0) is 11.2 Å². The molecule has 22 heavy (non-hydrogen) atoms. The highest BCUT2D eigenvalue weighted by atomic mass is 16.6. The van der Waals surface area contributed by atoms with Gasteiger partial charge in [-0.15, -0.1) is 0 Å². The van der Waals surface area contributed by atoms with Gasteiger partial charge in [0.25, 0.3) is 11.2 Å². The van der Waals surface area contributed by atoms with E-state index in [0.29, 0.717) is 0 Å². The maximum Gasteiger partial charge on any atom is 0.308 e. The van der Waals surface area contributed by atoms with Crippen molar-refractivity contribution in [3.63, 3.8) is 0 Å². The van der Waals surface area contributed by atoms with Crippen molar-refractivity contribution in [1.29, 1.82) is 0 Å². The molecule has 0 atom stereocenters. The molecule has 0 saturated carbocycles. The van der Waals surface area contributed by atoms with Crippen LogP contribution in [0.1, 0.15) is 5.56 Å². The average molecular weight is 308 g/mol. The standard InChI is InChI=1S/C11H8N4O7/c16-10(17)3-6-5-12-13(11(6)18)8-2-1-7(14(19)20)4-9(8)15(21)22/h1-2,4-5,12H,3H2,(H,16,17). The number of carbonyl (C=O) groups is 1. The largest absolute Gasteiger partial charge is 0.481 e. The molecule has 0 aliphatic heterocycles. The Bertz CT molecular complexity index is 835. The Morgan fingerprint density at radius 3 is 2.50 bits per heavy atom. The summed E-state index contributed by atoms with van der Waals surface area (Å²) in [6, 6.07) is 2.77. The number of carboxylic acid groups (broad SMARTS) is 1. The van der Waals surface area contributed by atoms with E-state index >= 15 is 0 Å². The molecule has 0 aliphatic carbocycles. The number of benzene rings is 1. The molecule has 1 heterocycles. The number of nitro benzene ring substituents is 2. The summed E-state index contributed by atoms with van der Waals surface area (Å²) in [6.45, 7) is 0. The number of nitrogens with one attached hydrogen (secondary N) is 1. The lowest BCUT2D eigenvalue weighted by molar-refractivity contribution is -0.394. The molecular formula is C11H8N4O7. The summed E-state index contributed by atoms with van der Waals surface area (Å²) in [5.41, 5.74) is -2.25. The average Bonchev–Trinajstić information content (AvgIpc) is 2.78. The number of nitro groups is 2. The molecule has 0 saturated heterocycles. The Kier molecular flexibility index (Phi) is 3.71. The van der Waals surface area contributed by atoms with Crippen LogP contribution in [0.3, 0.4) is 0 Å². The molecule has 114 valence electrons. The number of carboxylic acids is 1. The molecule has 2 rings (SSSR count). The van der Waals surface area contributed by atoms with E-state index in [1.54, 1.807) is 0 Å². The summed E-state index contributed by atoms with van der Waals surface area (Å²) in [5, 5.41) is 32.8. The first-order chi connectivity index (χ1) is 10.3. The second-order valence-electron chi connectivity index (χ2n) is 4.20. The van der Waals surface area contributed by atoms with Gasteiger partial charge in [0, 0.05) is 17.8 Å². The summed E-state index contributed by atoms with van der Waals surface area (Å²) in [4.78, 5) is 42.6. The second kappa shape index (κ2) is 5.47. The first-order valence-electron chi connectivity index (χ1n) is 5.75. The van der Waals surface area contributed by atoms with E-state index in [0.717, 1.165) is 29.1 Å². The maximum absolute atomic E-state index is 12.0. The van der Waals surface area contributed by atoms with Gasteiger partial charge in [-0.2, -0.15) is 0 Å². The van der Waals surface area contributed by atoms with Crippen molar-refractivity contribution in [3.05, 3.63) is 60.5 Å². The van der Waals surface area contributed by atoms with Gasteiger partial charge in [0.2, 0.25) is 0 Å². The summed E-state index contributed by atoms with van der Waals surface area (Å²) < 4.78 is 0.764. The van der Waals surface area contributed by atoms with Crippen LogP contribution < -0.4 is 5.56 Å². The normalized spacial score (nSPS) is 10.4. The van der Waals surface area contributed by atoms with E-state index in [4.69, 9.17) is 5.11 Å². The summed E-state index contributed by atoms with van der Waals surface area (Å²) in [7, 11) is 0. The number of H-pyrrole nitrogens is 1. The van der Waals surface area contributed by atoms with E-state index in [-0.39, 0.29) is 11.3 Å². The Morgan fingerprint density at radius 2 is 1.95 bits per heavy atom. The molecule has 2 aromatic rings. The lowest BCUT2D eigenvalue weighted by atomic mass is 10.2. The van der Waals surface area contributed by atoms with Crippen LogP contribution >= 0.6 is 0 Å². The van der Waals surface area contributed by atoms with Crippen LogP contribution in [0.25, 0.3) is 5.69 Å². The van der Waals surface area contributed by atoms with Crippen molar-refractivity contribution in [2.45, 2.75) is 6.42 Å². The lowest BCUT2D eigenvalue weighted by Crippen LogP contribution is -2.20. The van der Waals surface area contributed by atoms with Crippen molar-refractivity contribution in [3.8, 4) is 5.69 Å².